The number of anilines is 1. The highest BCUT2D eigenvalue weighted by atomic mass is 16.5. The number of ether oxygens (including phenoxy) is 1. The molecule has 0 aromatic heterocycles. The fourth-order valence-corrected chi connectivity index (χ4v) is 3.28. The lowest BCUT2D eigenvalue weighted by Gasteiger charge is -2.04. The van der Waals surface area contributed by atoms with Gasteiger partial charge in [0.25, 0.3) is 0 Å². The zero-order valence-corrected chi connectivity index (χ0v) is 15.4. The van der Waals surface area contributed by atoms with Crippen LogP contribution in [0, 0.1) is 0 Å². The van der Waals surface area contributed by atoms with E-state index >= 15 is 0 Å². The van der Waals surface area contributed by atoms with E-state index in [1.807, 2.05) is 36.4 Å². The zero-order chi connectivity index (χ0) is 19.2. The molecule has 0 radical (unpaired) electrons. The van der Waals surface area contributed by atoms with Gasteiger partial charge in [0.2, 0.25) is 0 Å². The summed E-state index contributed by atoms with van der Waals surface area (Å²) in [6, 6.07) is 18.8. The first kappa shape index (κ1) is 18.6. The first-order valence-electron chi connectivity index (χ1n) is 9.16. The van der Waals surface area contributed by atoms with Gasteiger partial charge in [0, 0.05) is 23.2 Å². The highest BCUT2D eigenvalue weighted by Gasteiger charge is 2.21. The van der Waals surface area contributed by atoms with Gasteiger partial charge in [0.05, 0.1) is 6.61 Å². The molecule has 0 bridgehead atoms. The van der Waals surface area contributed by atoms with Crippen LogP contribution in [0.25, 0.3) is 11.1 Å². The van der Waals surface area contributed by atoms with Crippen LogP contribution in [0.15, 0.2) is 60.7 Å². The summed E-state index contributed by atoms with van der Waals surface area (Å²) in [6.07, 6.45) is 1.77. The Labute approximate surface area is 159 Å². The maximum atomic E-state index is 13.1. The second kappa shape index (κ2) is 8.49. The number of esters is 1. The lowest BCUT2D eigenvalue weighted by molar-refractivity contribution is -0.143. The summed E-state index contributed by atoms with van der Waals surface area (Å²) < 4.78 is 4.99. The topological polar surface area (TPSA) is 69.4 Å². The molecule has 0 atom stereocenters. The van der Waals surface area contributed by atoms with E-state index in [0.29, 0.717) is 42.7 Å². The van der Waals surface area contributed by atoms with Gasteiger partial charge < -0.3 is 10.5 Å². The molecule has 0 heterocycles. The molecule has 0 amide bonds. The number of benzene rings is 1. The Kier molecular flexibility index (Phi) is 5.87. The monoisotopic (exact) mass is 361 g/mol. The van der Waals surface area contributed by atoms with Crippen LogP contribution in [0.5, 0.6) is 0 Å². The van der Waals surface area contributed by atoms with Crippen molar-refractivity contribution in [3.05, 3.63) is 77.4 Å². The minimum absolute atomic E-state index is 0.0462. The predicted molar refractivity (Wildman–Crippen MR) is 107 cm³/mol. The number of carbonyl (C=O) groups excluding carboxylic acids is 2. The van der Waals surface area contributed by atoms with Crippen LogP contribution in [0.1, 0.15) is 41.3 Å². The lowest BCUT2D eigenvalue weighted by Crippen LogP contribution is -2.04. The summed E-state index contributed by atoms with van der Waals surface area (Å²) in [4.78, 5) is 24.7. The average Bonchev–Trinajstić information content (AvgIpc) is 2.82. The van der Waals surface area contributed by atoms with Gasteiger partial charge in [0.1, 0.15) is 0 Å². The van der Waals surface area contributed by atoms with Crippen molar-refractivity contribution in [2.45, 2.75) is 26.2 Å². The fourth-order valence-electron chi connectivity index (χ4n) is 3.28. The van der Waals surface area contributed by atoms with Gasteiger partial charge in [-0.25, -0.2) is 0 Å². The van der Waals surface area contributed by atoms with Crippen LogP contribution in [0.4, 0.5) is 5.69 Å². The summed E-state index contributed by atoms with van der Waals surface area (Å²) in [7, 11) is 0. The van der Waals surface area contributed by atoms with Gasteiger partial charge in [-0.05, 0) is 54.7 Å². The normalized spacial score (nSPS) is 10.7. The molecule has 0 saturated heterocycles. The van der Waals surface area contributed by atoms with Crippen LogP contribution in [-0.4, -0.2) is 18.4 Å². The second-order valence-corrected chi connectivity index (χ2v) is 6.43. The van der Waals surface area contributed by atoms with E-state index in [1.165, 1.54) is 0 Å². The standard InChI is InChI=1S/C23H23NO3/c1-2-27-22(25)13-7-8-16-15-21(20-12-5-3-4-11-19(16)20)23(26)17-9-6-10-18(24)14-17/h3-6,9-12,14-15H,2,7-8,13,24H2,1H3. The third-order valence-corrected chi connectivity index (χ3v) is 4.52. The van der Waals surface area contributed by atoms with Crippen LogP contribution in [0.2, 0.25) is 0 Å². The Bertz CT molecular complexity index is 933. The van der Waals surface area contributed by atoms with Crippen molar-refractivity contribution >= 4 is 17.4 Å². The third-order valence-electron chi connectivity index (χ3n) is 4.52. The van der Waals surface area contributed by atoms with E-state index in [9.17, 15) is 9.59 Å². The fraction of sp³-hybridized carbons (Fsp3) is 0.217. The molecule has 0 saturated carbocycles. The van der Waals surface area contributed by atoms with Crippen molar-refractivity contribution in [1.29, 1.82) is 0 Å². The first-order valence-corrected chi connectivity index (χ1v) is 9.16. The van der Waals surface area contributed by atoms with E-state index in [1.54, 1.807) is 31.2 Å². The van der Waals surface area contributed by atoms with Gasteiger partial charge in [-0.1, -0.05) is 42.5 Å². The van der Waals surface area contributed by atoms with Gasteiger partial charge in [-0.3, -0.25) is 9.59 Å². The van der Waals surface area contributed by atoms with E-state index < -0.39 is 0 Å². The molecular formula is C23H23NO3. The molecule has 1 aromatic carbocycles. The Morgan fingerprint density at radius 3 is 2.48 bits per heavy atom. The number of ketones is 1. The van der Waals surface area contributed by atoms with E-state index in [2.05, 4.69) is 0 Å². The second-order valence-electron chi connectivity index (χ2n) is 6.43. The summed E-state index contributed by atoms with van der Waals surface area (Å²) in [6.45, 7) is 2.20. The van der Waals surface area contributed by atoms with Gasteiger partial charge in [0.15, 0.2) is 5.78 Å². The molecule has 4 nitrogen and oxygen atoms in total. The number of hydrogen-bond donors (Lipinski definition) is 1. The maximum Gasteiger partial charge on any atom is 0.305 e. The number of hydrogen-bond acceptors (Lipinski definition) is 4. The third kappa shape index (κ3) is 4.34. The number of rotatable bonds is 7. The molecule has 0 aliphatic heterocycles. The van der Waals surface area contributed by atoms with E-state index in [4.69, 9.17) is 10.5 Å². The predicted octanol–water partition coefficient (Wildman–Crippen LogP) is 4.49. The molecule has 2 N–H and O–H groups in total. The van der Waals surface area contributed by atoms with Crippen LogP contribution < -0.4 is 5.73 Å². The Hall–Kier alpha value is -3.14. The molecule has 138 valence electrons. The molecule has 2 aliphatic carbocycles. The summed E-state index contributed by atoms with van der Waals surface area (Å²) in [5, 5.41) is 0. The zero-order valence-electron chi connectivity index (χ0n) is 15.4. The summed E-state index contributed by atoms with van der Waals surface area (Å²) in [5.41, 5.74) is 10.7. The summed E-state index contributed by atoms with van der Waals surface area (Å²) in [5.74, 6) is -0.231. The van der Waals surface area contributed by atoms with Crippen molar-refractivity contribution in [2.75, 3.05) is 12.3 Å². The maximum absolute atomic E-state index is 13.1. The number of nitrogens with two attached hydrogens (primary N) is 1. The van der Waals surface area contributed by atoms with Crippen molar-refractivity contribution in [1.82, 2.24) is 0 Å². The Morgan fingerprint density at radius 2 is 1.74 bits per heavy atom. The number of nitrogen functional groups attached to an aromatic ring is 1. The largest absolute Gasteiger partial charge is 0.466 e. The van der Waals surface area contributed by atoms with Gasteiger partial charge in [-0.15, -0.1) is 0 Å². The molecule has 4 heteroatoms. The molecule has 3 rings (SSSR count). The quantitative estimate of drug-likeness (QED) is 0.382. The van der Waals surface area contributed by atoms with Crippen molar-refractivity contribution < 1.29 is 14.3 Å². The van der Waals surface area contributed by atoms with Crippen LogP contribution in [0.3, 0.4) is 0 Å². The Balaban J connectivity index is 1.90. The summed E-state index contributed by atoms with van der Waals surface area (Å²) >= 11 is 0. The van der Waals surface area contributed by atoms with Gasteiger partial charge in [-0.2, -0.15) is 0 Å². The number of aryl methyl sites for hydroxylation is 1. The molecule has 0 spiro atoms. The average molecular weight is 361 g/mol. The van der Waals surface area contributed by atoms with Crippen molar-refractivity contribution in [3.8, 4) is 11.1 Å². The van der Waals surface area contributed by atoms with E-state index in [-0.39, 0.29) is 11.8 Å². The number of carbonyl (C=O) groups is 2. The van der Waals surface area contributed by atoms with E-state index in [0.717, 1.165) is 16.7 Å². The Morgan fingerprint density at radius 1 is 0.963 bits per heavy atom. The molecule has 0 fully saturated rings. The number of fused-ring (bicyclic) bond motifs is 1. The SMILES string of the molecule is CCOC(=O)CCCc1cc(C(=O)c2cccc(N)c2)c2cccccc1-2. The molecule has 0 unspecified atom stereocenters. The highest BCUT2D eigenvalue weighted by molar-refractivity contribution is 6.14. The van der Waals surface area contributed by atoms with Crippen molar-refractivity contribution in [3.63, 3.8) is 0 Å². The molecule has 1 aromatic rings. The van der Waals surface area contributed by atoms with Crippen LogP contribution in [-0.2, 0) is 16.0 Å². The molecule has 2 aliphatic rings. The lowest BCUT2D eigenvalue weighted by atomic mass is 10.00. The van der Waals surface area contributed by atoms with Crippen LogP contribution >= 0.6 is 0 Å². The first-order chi connectivity index (χ1) is 13.1. The molecular weight excluding hydrogens is 338 g/mol. The molecule has 27 heavy (non-hydrogen) atoms. The minimum Gasteiger partial charge on any atom is -0.466 e. The van der Waals surface area contributed by atoms with Gasteiger partial charge >= 0.3 is 5.97 Å². The minimum atomic E-state index is -0.185. The van der Waals surface area contributed by atoms with Crippen molar-refractivity contribution in [2.24, 2.45) is 0 Å². The smallest absolute Gasteiger partial charge is 0.305 e. The highest BCUT2D eigenvalue weighted by Crippen LogP contribution is 2.34.